The number of nitrogens with one attached hydrogen (secondary N) is 3. The molecule has 1 saturated heterocycles. The number of nitrogens with zero attached hydrogens (tertiary/aromatic N) is 2. The molecule has 0 radical (unpaired) electrons. The van der Waals surface area contributed by atoms with Gasteiger partial charge in [-0.15, -0.1) is 0 Å². The minimum absolute atomic E-state index is 0. The van der Waals surface area contributed by atoms with Crippen LogP contribution in [0.3, 0.4) is 0 Å². The summed E-state index contributed by atoms with van der Waals surface area (Å²) >= 11 is 0. The molecule has 2 aromatic heterocycles. The molecule has 9 nitrogen and oxygen atoms in total. The van der Waals surface area contributed by atoms with Gasteiger partial charge in [-0.25, -0.2) is 9.59 Å². The number of aryl methyl sites for hydroxylation is 1. The molecule has 38 heavy (non-hydrogen) atoms. The predicted octanol–water partition coefficient (Wildman–Crippen LogP) is 5.15. The van der Waals surface area contributed by atoms with Crippen molar-refractivity contribution in [1.82, 2.24) is 25.4 Å². The van der Waals surface area contributed by atoms with E-state index >= 15 is 0 Å². The summed E-state index contributed by atoms with van der Waals surface area (Å²) in [5.74, 6) is -0.422. The van der Waals surface area contributed by atoms with E-state index in [0.717, 1.165) is 38.5 Å². The topological polar surface area (TPSA) is 120 Å². The number of piperidine rings is 1. The molecule has 9 heteroatoms. The highest BCUT2D eigenvalue weighted by Gasteiger charge is 2.29. The highest BCUT2D eigenvalue weighted by molar-refractivity contribution is 5.85. The summed E-state index contributed by atoms with van der Waals surface area (Å²) in [6.07, 6.45) is 3.40. The molecule has 0 saturated carbocycles. The lowest BCUT2D eigenvalue weighted by Gasteiger charge is -2.33. The minimum Gasteiger partial charge on any atom is -0.467 e. The number of H-pyrrole nitrogens is 2. The van der Waals surface area contributed by atoms with Gasteiger partial charge >= 0.3 is 12.0 Å². The van der Waals surface area contributed by atoms with Crippen LogP contribution in [0.5, 0.6) is 0 Å². The van der Waals surface area contributed by atoms with Crippen molar-refractivity contribution >= 4 is 33.8 Å². The van der Waals surface area contributed by atoms with Crippen LogP contribution < -0.4 is 10.9 Å². The quantitative estimate of drug-likeness (QED) is 0.313. The second-order valence-electron chi connectivity index (χ2n) is 9.38. The minimum atomic E-state index is -0.813. The number of para-hydroxylation sites is 1. The molecule has 1 aliphatic rings. The second kappa shape index (κ2) is 11.9. The number of esters is 1. The van der Waals surface area contributed by atoms with Gasteiger partial charge in [-0.1, -0.05) is 38.1 Å². The van der Waals surface area contributed by atoms with Crippen molar-refractivity contribution in [3.63, 3.8) is 0 Å². The normalized spacial score (nSPS) is 14.6. The molecule has 1 aliphatic heterocycles. The summed E-state index contributed by atoms with van der Waals surface area (Å²) in [6.45, 7) is 6.97. The Morgan fingerprint density at radius 3 is 2.63 bits per heavy atom. The number of hydrogen-bond donors (Lipinski definition) is 3. The average molecular weight is 524 g/mol. The number of methoxy groups -OCH3 is 1. The Morgan fingerprint density at radius 2 is 1.89 bits per heavy atom. The Kier molecular flexibility index (Phi) is 8.45. The summed E-state index contributed by atoms with van der Waals surface area (Å²) in [7, 11) is 1.32. The lowest BCUT2D eigenvalue weighted by molar-refractivity contribution is -0.142. The molecule has 0 aliphatic carbocycles. The fourth-order valence-electron chi connectivity index (χ4n) is 5.10. The Labute approximate surface area is 226 Å². The first-order chi connectivity index (χ1) is 18.4. The fourth-order valence-corrected chi connectivity index (χ4v) is 5.10. The Hall–Kier alpha value is -4.14. The van der Waals surface area contributed by atoms with Gasteiger partial charge in [0.15, 0.2) is 0 Å². The molecule has 0 spiro atoms. The highest BCUT2D eigenvalue weighted by atomic mass is 16.5. The van der Waals surface area contributed by atoms with Crippen molar-refractivity contribution < 1.29 is 18.6 Å². The molecule has 2 amide bonds. The van der Waals surface area contributed by atoms with Crippen molar-refractivity contribution in [2.24, 2.45) is 0 Å². The van der Waals surface area contributed by atoms with Crippen LogP contribution in [0.2, 0.25) is 0 Å². The number of hydrogen-bond acceptors (Lipinski definition) is 5. The third-order valence-corrected chi connectivity index (χ3v) is 7.03. The maximum absolute atomic E-state index is 13.1. The van der Waals surface area contributed by atoms with E-state index in [4.69, 9.17) is 4.74 Å². The zero-order valence-electron chi connectivity index (χ0n) is 22.3. The number of aromatic amines is 2. The SMILES string of the molecule is CC.COC(=O)[C@@H](Cc1cc(C)c2[nH]ncc2c1)NC(=O)N1CCC(c2cc3ccccc3[nH]c2=O)CC1.[HH].[HH].[HH]. The number of carbonyl (C=O) groups is 2. The van der Waals surface area contributed by atoms with Crippen LogP contribution in [0, 0.1) is 6.92 Å². The lowest BCUT2D eigenvalue weighted by atomic mass is 9.89. The van der Waals surface area contributed by atoms with Crippen LogP contribution >= 0.6 is 0 Å². The van der Waals surface area contributed by atoms with Gasteiger partial charge in [0, 0.05) is 40.3 Å². The number of likely N-dealkylation sites (tertiary alicyclic amines) is 1. The van der Waals surface area contributed by atoms with Gasteiger partial charge in [0.25, 0.3) is 5.56 Å². The summed E-state index contributed by atoms with van der Waals surface area (Å²) in [6, 6.07) is 12.5. The van der Waals surface area contributed by atoms with Crippen molar-refractivity contribution in [2.75, 3.05) is 20.2 Å². The number of amides is 2. The van der Waals surface area contributed by atoms with Gasteiger partial charge < -0.3 is 19.9 Å². The van der Waals surface area contributed by atoms with Gasteiger partial charge in [-0.2, -0.15) is 5.10 Å². The Balaban J connectivity index is 0.00000165. The molecule has 3 heterocycles. The van der Waals surface area contributed by atoms with E-state index in [9.17, 15) is 14.4 Å². The van der Waals surface area contributed by atoms with Gasteiger partial charge in [0.1, 0.15) is 6.04 Å². The van der Waals surface area contributed by atoms with E-state index in [0.29, 0.717) is 32.4 Å². The van der Waals surface area contributed by atoms with Crippen LogP contribution in [-0.4, -0.2) is 58.3 Å². The standard InChI is InChI=1S/C27H29N5O4.C2H6.3H2/c1-16-11-17(12-20-15-28-31-24(16)20)13-23(26(34)36-2)30-27(35)32-9-7-18(8-10-32)21-14-19-5-3-4-6-22(19)29-25(21)33;1-2;;;/h3-6,11-12,14-15,18,23H,7-10,13H2,1-2H3,(H,28,31)(H,29,33)(H,30,35);1-2H3;3*1H/t23-;;;;/m1..../s1. The van der Waals surface area contributed by atoms with Crippen molar-refractivity contribution in [1.29, 1.82) is 0 Å². The number of aromatic nitrogens is 3. The van der Waals surface area contributed by atoms with Gasteiger partial charge in [-0.05, 0) is 60.4 Å². The van der Waals surface area contributed by atoms with Crippen LogP contribution in [-0.2, 0) is 16.0 Å². The lowest BCUT2D eigenvalue weighted by Crippen LogP contribution is -2.51. The predicted molar refractivity (Wildman–Crippen MR) is 155 cm³/mol. The molecule has 206 valence electrons. The summed E-state index contributed by atoms with van der Waals surface area (Å²) in [5.41, 5.74) is 4.37. The molecule has 5 rings (SSSR count). The monoisotopic (exact) mass is 523 g/mol. The van der Waals surface area contributed by atoms with Crippen LogP contribution in [0.15, 0.2) is 53.5 Å². The second-order valence-corrected chi connectivity index (χ2v) is 9.38. The summed E-state index contributed by atoms with van der Waals surface area (Å²) < 4.78 is 4.97. The first kappa shape index (κ1) is 26.9. The van der Waals surface area contributed by atoms with Crippen molar-refractivity contribution in [2.45, 2.75) is 52.0 Å². The molecule has 0 unspecified atom stereocenters. The van der Waals surface area contributed by atoms with E-state index in [2.05, 4.69) is 20.5 Å². The highest BCUT2D eigenvalue weighted by Crippen LogP contribution is 2.27. The van der Waals surface area contributed by atoms with E-state index in [1.807, 2.05) is 63.2 Å². The summed E-state index contributed by atoms with van der Waals surface area (Å²) in [5, 5.41) is 11.8. The number of pyridine rings is 1. The van der Waals surface area contributed by atoms with Gasteiger partial charge in [0.05, 0.1) is 18.8 Å². The Morgan fingerprint density at radius 1 is 1.16 bits per heavy atom. The fraction of sp³-hybridized carbons (Fsp3) is 0.379. The van der Waals surface area contributed by atoms with Crippen molar-refractivity contribution in [3.8, 4) is 0 Å². The van der Waals surface area contributed by atoms with E-state index in [-0.39, 0.29) is 21.8 Å². The first-order valence-electron chi connectivity index (χ1n) is 13.1. The number of urea groups is 1. The zero-order valence-corrected chi connectivity index (χ0v) is 22.3. The number of rotatable bonds is 5. The van der Waals surface area contributed by atoms with Crippen LogP contribution in [0.25, 0.3) is 21.8 Å². The van der Waals surface area contributed by atoms with E-state index < -0.39 is 12.0 Å². The molecule has 2 aromatic carbocycles. The van der Waals surface area contributed by atoms with Crippen LogP contribution in [0.1, 0.15) is 53.6 Å². The molecule has 1 atom stereocenters. The smallest absolute Gasteiger partial charge is 0.328 e. The third kappa shape index (κ3) is 5.72. The van der Waals surface area contributed by atoms with Gasteiger partial charge in [-0.3, -0.25) is 9.89 Å². The third-order valence-electron chi connectivity index (χ3n) is 7.03. The molecule has 3 N–H and O–H groups in total. The molecule has 4 aromatic rings. The first-order valence-corrected chi connectivity index (χ1v) is 13.1. The molecule has 1 fully saturated rings. The Bertz CT molecular complexity index is 1500. The average Bonchev–Trinajstić information content (AvgIpc) is 3.42. The van der Waals surface area contributed by atoms with Crippen molar-refractivity contribution in [3.05, 3.63) is 75.7 Å². The number of carbonyl (C=O) groups excluding carboxylic acids is 2. The van der Waals surface area contributed by atoms with E-state index in [1.165, 1.54) is 7.11 Å². The number of benzene rings is 2. The molecular formula is C29H41N5O4. The van der Waals surface area contributed by atoms with Gasteiger partial charge in [0.2, 0.25) is 0 Å². The molecule has 0 bridgehead atoms. The number of fused-ring (bicyclic) bond motifs is 2. The molecular weight excluding hydrogens is 482 g/mol. The zero-order chi connectivity index (χ0) is 27.2. The summed E-state index contributed by atoms with van der Waals surface area (Å²) in [4.78, 5) is 42.9. The largest absolute Gasteiger partial charge is 0.467 e. The van der Waals surface area contributed by atoms with E-state index in [1.54, 1.807) is 11.1 Å². The maximum atomic E-state index is 13.1. The number of ether oxygens (including phenoxy) is 1. The van der Waals surface area contributed by atoms with Crippen LogP contribution in [0.4, 0.5) is 4.79 Å². The maximum Gasteiger partial charge on any atom is 0.328 e.